The summed E-state index contributed by atoms with van der Waals surface area (Å²) in [7, 11) is 0. The maximum atomic E-state index is 15.5. The molecule has 5 rings (SSSR count). The van der Waals surface area contributed by atoms with Crippen molar-refractivity contribution in [2.45, 2.75) is 39.7 Å². The van der Waals surface area contributed by atoms with E-state index in [9.17, 15) is 18.4 Å². The number of aryl methyl sites for hydroxylation is 1. The lowest BCUT2D eigenvalue weighted by Gasteiger charge is -2.23. The first kappa shape index (κ1) is 24.5. The summed E-state index contributed by atoms with van der Waals surface area (Å²) in [4.78, 5) is 27.7. The van der Waals surface area contributed by atoms with Crippen molar-refractivity contribution in [1.82, 2.24) is 19.6 Å². The smallest absolute Gasteiger partial charge is 0.276 e. The number of amides is 1. The van der Waals surface area contributed by atoms with Gasteiger partial charge >= 0.3 is 0 Å². The number of hydrogen-bond acceptors (Lipinski definition) is 5. The zero-order valence-corrected chi connectivity index (χ0v) is 20.6. The molecule has 0 aliphatic carbocycles. The Kier molecular flexibility index (Phi) is 6.22. The fourth-order valence-electron chi connectivity index (χ4n) is 4.77. The van der Waals surface area contributed by atoms with Crippen LogP contribution in [0.4, 0.5) is 24.5 Å². The zero-order valence-electron chi connectivity index (χ0n) is 20.6. The van der Waals surface area contributed by atoms with E-state index < -0.39 is 34.6 Å². The van der Waals surface area contributed by atoms with Gasteiger partial charge in [0, 0.05) is 31.3 Å². The Morgan fingerprint density at radius 2 is 1.65 bits per heavy atom. The van der Waals surface area contributed by atoms with Crippen LogP contribution in [-0.2, 0) is 0 Å². The summed E-state index contributed by atoms with van der Waals surface area (Å²) in [6.07, 6.45) is 1.90. The van der Waals surface area contributed by atoms with E-state index >= 15 is 4.39 Å². The third-order valence-corrected chi connectivity index (χ3v) is 6.42. The van der Waals surface area contributed by atoms with Crippen LogP contribution in [0.25, 0.3) is 16.6 Å². The second-order valence-corrected chi connectivity index (χ2v) is 9.29. The van der Waals surface area contributed by atoms with E-state index in [2.05, 4.69) is 20.4 Å². The highest BCUT2D eigenvalue weighted by atomic mass is 19.1. The molecule has 4 aromatic rings. The molecular weight excluding hydrogens is 485 g/mol. The van der Waals surface area contributed by atoms with Gasteiger partial charge in [0.15, 0.2) is 17.5 Å². The Morgan fingerprint density at radius 1 is 0.973 bits per heavy atom. The van der Waals surface area contributed by atoms with Crippen LogP contribution >= 0.6 is 0 Å². The lowest BCUT2D eigenvalue weighted by Crippen LogP contribution is -2.27. The van der Waals surface area contributed by atoms with Gasteiger partial charge in [-0.25, -0.2) is 13.2 Å². The van der Waals surface area contributed by atoms with Gasteiger partial charge in [0.05, 0.1) is 22.5 Å². The SMILES string of the molecule is Cc1nn(C(C)C)c2c(F)cc(NC(=O)c3ccc(=O)n(-c4c(F)cccc4F)n3)c(N3CCCC3)c12. The van der Waals surface area contributed by atoms with Crippen LogP contribution in [0.2, 0.25) is 0 Å². The van der Waals surface area contributed by atoms with E-state index in [-0.39, 0.29) is 17.4 Å². The fraction of sp³-hybridized carbons (Fsp3) is 0.308. The van der Waals surface area contributed by atoms with Crippen LogP contribution < -0.4 is 15.8 Å². The van der Waals surface area contributed by atoms with Gasteiger partial charge in [-0.15, -0.1) is 0 Å². The number of carbonyl (C=O) groups is 1. The molecule has 0 atom stereocenters. The van der Waals surface area contributed by atoms with E-state index in [1.54, 1.807) is 11.6 Å². The third kappa shape index (κ3) is 4.24. The van der Waals surface area contributed by atoms with E-state index in [0.29, 0.717) is 27.0 Å². The molecule has 8 nitrogen and oxygen atoms in total. The Hall–Kier alpha value is -4.15. The highest BCUT2D eigenvalue weighted by Gasteiger charge is 2.27. The van der Waals surface area contributed by atoms with Crippen LogP contribution in [-0.4, -0.2) is 38.6 Å². The molecule has 1 amide bonds. The highest BCUT2D eigenvalue weighted by Crippen LogP contribution is 2.40. The largest absolute Gasteiger partial charge is 0.369 e. The molecule has 0 unspecified atom stereocenters. The predicted octanol–water partition coefficient (Wildman–Crippen LogP) is 4.74. The number of rotatable bonds is 5. The second kappa shape index (κ2) is 9.38. The molecule has 37 heavy (non-hydrogen) atoms. The maximum absolute atomic E-state index is 15.5. The lowest BCUT2D eigenvalue weighted by atomic mass is 10.1. The molecule has 11 heteroatoms. The molecule has 1 aliphatic rings. The molecule has 1 N–H and O–H groups in total. The van der Waals surface area contributed by atoms with Crippen molar-refractivity contribution in [2.24, 2.45) is 0 Å². The molecule has 0 radical (unpaired) electrons. The molecule has 3 heterocycles. The van der Waals surface area contributed by atoms with Crippen molar-refractivity contribution in [3.63, 3.8) is 0 Å². The van der Waals surface area contributed by atoms with Gasteiger partial charge in [-0.3, -0.25) is 14.3 Å². The van der Waals surface area contributed by atoms with Gasteiger partial charge in [-0.05, 0) is 51.8 Å². The molecule has 2 aromatic heterocycles. The number of benzene rings is 2. The molecule has 0 bridgehead atoms. The van der Waals surface area contributed by atoms with Gasteiger partial charge in [0.25, 0.3) is 11.5 Å². The molecule has 192 valence electrons. The summed E-state index contributed by atoms with van der Waals surface area (Å²) in [6, 6.07) is 6.44. The average molecular weight is 511 g/mol. The van der Waals surface area contributed by atoms with Crippen molar-refractivity contribution in [1.29, 1.82) is 0 Å². The van der Waals surface area contributed by atoms with Crippen LogP contribution in [0.3, 0.4) is 0 Å². The number of para-hydroxylation sites is 1. The molecule has 2 aromatic carbocycles. The van der Waals surface area contributed by atoms with Gasteiger partial charge in [-0.1, -0.05) is 6.07 Å². The van der Waals surface area contributed by atoms with Crippen molar-refractivity contribution in [2.75, 3.05) is 23.3 Å². The molecule has 1 aliphatic heterocycles. The second-order valence-electron chi connectivity index (χ2n) is 9.29. The van der Waals surface area contributed by atoms with Crippen molar-refractivity contribution in [3.05, 3.63) is 75.6 Å². The third-order valence-electron chi connectivity index (χ3n) is 6.42. The topological polar surface area (TPSA) is 85.0 Å². The van der Waals surface area contributed by atoms with Gasteiger partial charge in [0.2, 0.25) is 0 Å². The number of hydrogen-bond donors (Lipinski definition) is 1. The number of carbonyl (C=O) groups excluding carboxylic acids is 1. The Morgan fingerprint density at radius 3 is 2.30 bits per heavy atom. The average Bonchev–Trinajstić information content (AvgIpc) is 3.49. The van der Waals surface area contributed by atoms with E-state index in [4.69, 9.17) is 0 Å². The van der Waals surface area contributed by atoms with Crippen LogP contribution in [0, 0.1) is 24.4 Å². The van der Waals surface area contributed by atoms with Crippen molar-refractivity contribution >= 4 is 28.2 Å². The molecule has 0 spiro atoms. The monoisotopic (exact) mass is 510 g/mol. The van der Waals surface area contributed by atoms with E-state index in [1.807, 2.05) is 13.8 Å². The van der Waals surface area contributed by atoms with Gasteiger partial charge in [0.1, 0.15) is 16.9 Å². The molecular formula is C26H25F3N6O2. The fourth-order valence-corrected chi connectivity index (χ4v) is 4.77. The molecule has 1 fully saturated rings. The van der Waals surface area contributed by atoms with Gasteiger partial charge in [-0.2, -0.15) is 14.9 Å². The number of aromatic nitrogens is 4. The number of anilines is 2. The number of nitrogens with one attached hydrogen (secondary N) is 1. The Balaban J connectivity index is 1.61. The minimum absolute atomic E-state index is 0.0819. The predicted molar refractivity (Wildman–Crippen MR) is 134 cm³/mol. The summed E-state index contributed by atoms with van der Waals surface area (Å²) < 4.78 is 46.2. The number of fused-ring (bicyclic) bond motifs is 1. The van der Waals surface area contributed by atoms with E-state index in [0.717, 1.165) is 56.3 Å². The Bertz CT molecular complexity index is 1570. The maximum Gasteiger partial charge on any atom is 0.276 e. The van der Waals surface area contributed by atoms with Crippen molar-refractivity contribution < 1.29 is 18.0 Å². The Labute approximate surface area is 210 Å². The molecule has 0 saturated carbocycles. The summed E-state index contributed by atoms with van der Waals surface area (Å²) in [6.45, 7) is 7.08. The zero-order chi connectivity index (χ0) is 26.4. The standard InChI is InChI=1S/C26H25F3N6O2/c1-14(2)34-24-18(29)13-20(25(22(24)15(3)31-34)33-11-4-5-12-33)30-26(37)19-9-10-21(36)35(32-19)23-16(27)7-6-8-17(23)28/h6-10,13-14H,4-5,11-12H2,1-3H3,(H,30,37). The molecule has 1 saturated heterocycles. The van der Waals surface area contributed by atoms with Crippen LogP contribution in [0.1, 0.15) is 48.9 Å². The first-order valence-electron chi connectivity index (χ1n) is 12.0. The normalized spacial score (nSPS) is 13.6. The highest BCUT2D eigenvalue weighted by molar-refractivity contribution is 6.09. The minimum atomic E-state index is -1.01. The first-order valence-corrected chi connectivity index (χ1v) is 12.0. The van der Waals surface area contributed by atoms with E-state index in [1.165, 1.54) is 6.07 Å². The lowest BCUT2D eigenvalue weighted by molar-refractivity contribution is 0.102. The van der Waals surface area contributed by atoms with Crippen LogP contribution in [0.5, 0.6) is 0 Å². The van der Waals surface area contributed by atoms with Crippen LogP contribution in [0.15, 0.2) is 41.2 Å². The quantitative estimate of drug-likeness (QED) is 0.419. The summed E-state index contributed by atoms with van der Waals surface area (Å²) in [5.41, 5.74) is 0.0766. The first-order chi connectivity index (χ1) is 17.7. The van der Waals surface area contributed by atoms with Crippen molar-refractivity contribution in [3.8, 4) is 5.69 Å². The number of halogens is 3. The number of nitrogens with zero attached hydrogens (tertiary/aromatic N) is 5. The summed E-state index contributed by atoms with van der Waals surface area (Å²) in [5, 5.41) is 11.8. The minimum Gasteiger partial charge on any atom is -0.369 e. The van der Waals surface area contributed by atoms with Gasteiger partial charge < -0.3 is 10.2 Å². The summed E-state index contributed by atoms with van der Waals surface area (Å²) in [5.74, 6) is -3.32. The summed E-state index contributed by atoms with van der Waals surface area (Å²) >= 11 is 0.